The zero-order chi connectivity index (χ0) is 7.49. The highest BCUT2D eigenvalue weighted by molar-refractivity contribution is 5.74. The van der Waals surface area contributed by atoms with Crippen LogP contribution in [0.3, 0.4) is 0 Å². The van der Waals surface area contributed by atoms with Crippen molar-refractivity contribution in [3.8, 4) is 6.07 Å². The van der Waals surface area contributed by atoms with E-state index in [2.05, 4.69) is 5.32 Å². The SMILES string of the molecule is CC(=O)NC(C)(C)C#N. The Balaban J connectivity index is 3.91. The fourth-order valence-corrected chi connectivity index (χ4v) is 0.468. The number of amides is 1. The number of rotatable bonds is 1. The summed E-state index contributed by atoms with van der Waals surface area (Å²) < 4.78 is 0. The van der Waals surface area contributed by atoms with Crippen LogP contribution in [0.2, 0.25) is 0 Å². The molecule has 0 heterocycles. The molecule has 50 valence electrons. The molecule has 0 aliphatic heterocycles. The zero-order valence-corrected chi connectivity index (χ0v) is 5.86. The summed E-state index contributed by atoms with van der Waals surface area (Å²) in [6, 6.07) is 1.94. The third-order valence-electron chi connectivity index (χ3n) is 0.768. The van der Waals surface area contributed by atoms with Crippen molar-refractivity contribution < 1.29 is 4.79 Å². The fraction of sp³-hybridized carbons (Fsp3) is 0.667. The van der Waals surface area contributed by atoms with Gasteiger partial charge in [-0.05, 0) is 13.8 Å². The summed E-state index contributed by atoms with van der Waals surface area (Å²) in [7, 11) is 0. The first-order chi connectivity index (χ1) is 3.98. The first-order valence-corrected chi connectivity index (χ1v) is 2.68. The largest absolute Gasteiger partial charge is 0.339 e. The van der Waals surface area contributed by atoms with Crippen LogP contribution in [0.25, 0.3) is 0 Å². The van der Waals surface area contributed by atoms with Crippen molar-refractivity contribution in [2.24, 2.45) is 0 Å². The van der Waals surface area contributed by atoms with Crippen LogP contribution in [-0.4, -0.2) is 11.4 Å². The second kappa shape index (κ2) is 2.49. The average molecular weight is 126 g/mol. The molecule has 0 bridgehead atoms. The number of nitrogens with one attached hydrogen (secondary N) is 1. The van der Waals surface area contributed by atoms with Crippen LogP contribution in [0.5, 0.6) is 0 Å². The molecule has 0 saturated carbocycles. The topological polar surface area (TPSA) is 52.9 Å². The summed E-state index contributed by atoms with van der Waals surface area (Å²) in [5.74, 6) is -0.179. The predicted molar refractivity (Wildman–Crippen MR) is 33.5 cm³/mol. The van der Waals surface area contributed by atoms with E-state index in [0.717, 1.165) is 0 Å². The number of nitriles is 1. The van der Waals surface area contributed by atoms with Crippen molar-refractivity contribution in [1.29, 1.82) is 5.26 Å². The average Bonchev–Trinajstić information content (AvgIpc) is 1.63. The molecule has 3 heteroatoms. The van der Waals surface area contributed by atoms with Crippen LogP contribution in [0.4, 0.5) is 0 Å². The Morgan fingerprint density at radius 1 is 1.67 bits per heavy atom. The lowest BCUT2D eigenvalue weighted by atomic mass is 10.1. The Labute approximate surface area is 54.7 Å². The van der Waals surface area contributed by atoms with Gasteiger partial charge in [0.1, 0.15) is 5.54 Å². The Morgan fingerprint density at radius 3 is 2.22 bits per heavy atom. The summed E-state index contributed by atoms with van der Waals surface area (Å²) in [4.78, 5) is 10.4. The van der Waals surface area contributed by atoms with Gasteiger partial charge in [0.05, 0.1) is 6.07 Å². The normalized spacial score (nSPS) is 10.0. The van der Waals surface area contributed by atoms with Gasteiger partial charge in [-0.3, -0.25) is 4.79 Å². The molecule has 0 fully saturated rings. The maximum atomic E-state index is 10.4. The van der Waals surface area contributed by atoms with E-state index in [1.165, 1.54) is 6.92 Å². The number of hydrogen-bond donors (Lipinski definition) is 1. The van der Waals surface area contributed by atoms with E-state index in [0.29, 0.717) is 0 Å². The molecule has 1 N–H and O–H groups in total. The summed E-state index contributed by atoms with van der Waals surface area (Å²) in [6.07, 6.45) is 0. The molecular formula is C6H10N2O. The minimum Gasteiger partial charge on any atom is -0.339 e. The molecule has 0 unspecified atom stereocenters. The lowest BCUT2D eigenvalue weighted by molar-refractivity contribution is -0.120. The molecule has 0 aliphatic rings. The van der Waals surface area contributed by atoms with Crippen molar-refractivity contribution in [3.05, 3.63) is 0 Å². The molecular weight excluding hydrogens is 116 g/mol. The van der Waals surface area contributed by atoms with Gasteiger partial charge >= 0.3 is 0 Å². The molecule has 0 radical (unpaired) electrons. The quantitative estimate of drug-likeness (QED) is 0.553. The third-order valence-corrected chi connectivity index (χ3v) is 0.768. The van der Waals surface area contributed by atoms with Gasteiger partial charge in [0.2, 0.25) is 5.91 Å². The van der Waals surface area contributed by atoms with Crippen LogP contribution < -0.4 is 5.32 Å². The number of hydrogen-bond acceptors (Lipinski definition) is 2. The van der Waals surface area contributed by atoms with Crippen LogP contribution in [-0.2, 0) is 4.79 Å². The lowest BCUT2D eigenvalue weighted by Crippen LogP contribution is -2.40. The molecule has 3 nitrogen and oxygen atoms in total. The van der Waals surface area contributed by atoms with Crippen molar-refractivity contribution in [1.82, 2.24) is 5.32 Å². The van der Waals surface area contributed by atoms with E-state index in [1.54, 1.807) is 13.8 Å². The highest BCUT2D eigenvalue weighted by atomic mass is 16.1. The van der Waals surface area contributed by atoms with Gasteiger partial charge in [0, 0.05) is 6.92 Å². The first-order valence-electron chi connectivity index (χ1n) is 2.68. The lowest BCUT2D eigenvalue weighted by Gasteiger charge is -2.14. The molecule has 0 saturated heterocycles. The Kier molecular flexibility index (Phi) is 2.20. The minimum absolute atomic E-state index is 0.179. The summed E-state index contributed by atoms with van der Waals surface area (Å²) >= 11 is 0. The minimum atomic E-state index is -0.730. The van der Waals surface area contributed by atoms with Crippen LogP contribution in [0, 0.1) is 11.3 Å². The number of carbonyl (C=O) groups is 1. The van der Waals surface area contributed by atoms with Gasteiger partial charge in [-0.25, -0.2) is 0 Å². The van der Waals surface area contributed by atoms with Crippen molar-refractivity contribution in [2.75, 3.05) is 0 Å². The van der Waals surface area contributed by atoms with Crippen molar-refractivity contribution >= 4 is 5.91 Å². The number of nitrogens with zero attached hydrogens (tertiary/aromatic N) is 1. The molecule has 0 spiro atoms. The van der Waals surface area contributed by atoms with Crippen LogP contribution >= 0.6 is 0 Å². The molecule has 0 aliphatic carbocycles. The van der Waals surface area contributed by atoms with E-state index in [1.807, 2.05) is 6.07 Å². The van der Waals surface area contributed by atoms with E-state index < -0.39 is 5.54 Å². The van der Waals surface area contributed by atoms with Crippen LogP contribution in [0.15, 0.2) is 0 Å². The van der Waals surface area contributed by atoms with E-state index >= 15 is 0 Å². The first kappa shape index (κ1) is 7.96. The smallest absolute Gasteiger partial charge is 0.218 e. The van der Waals surface area contributed by atoms with Gasteiger partial charge in [-0.15, -0.1) is 0 Å². The van der Waals surface area contributed by atoms with Gasteiger partial charge in [0.25, 0.3) is 0 Å². The van der Waals surface area contributed by atoms with Gasteiger partial charge in [-0.2, -0.15) is 5.26 Å². The highest BCUT2D eigenvalue weighted by Gasteiger charge is 2.15. The predicted octanol–water partition coefficient (Wildman–Crippen LogP) is 0.425. The van der Waals surface area contributed by atoms with Crippen molar-refractivity contribution in [3.63, 3.8) is 0 Å². The third kappa shape index (κ3) is 3.53. The van der Waals surface area contributed by atoms with E-state index in [-0.39, 0.29) is 5.91 Å². The second-order valence-electron chi connectivity index (χ2n) is 2.42. The van der Waals surface area contributed by atoms with Gasteiger partial charge in [-0.1, -0.05) is 0 Å². The highest BCUT2D eigenvalue weighted by Crippen LogP contribution is 1.96. The standard InChI is InChI=1S/C6H10N2O/c1-5(9)8-6(2,3)4-7/h1-3H3,(H,8,9). The number of carbonyl (C=O) groups excluding carboxylic acids is 1. The second-order valence-corrected chi connectivity index (χ2v) is 2.42. The Bertz CT molecular complexity index is 155. The molecule has 0 aromatic heterocycles. The molecule has 0 aromatic carbocycles. The zero-order valence-electron chi connectivity index (χ0n) is 5.86. The van der Waals surface area contributed by atoms with Gasteiger partial charge in [0.15, 0.2) is 0 Å². The van der Waals surface area contributed by atoms with Gasteiger partial charge < -0.3 is 5.32 Å². The summed E-state index contributed by atoms with van der Waals surface area (Å²) in [6.45, 7) is 4.68. The fourth-order valence-electron chi connectivity index (χ4n) is 0.468. The molecule has 0 rings (SSSR count). The monoisotopic (exact) mass is 126 g/mol. The summed E-state index contributed by atoms with van der Waals surface area (Å²) in [5.41, 5.74) is -0.730. The molecule has 0 aromatic rings. The van der Waals surface area contributed by atoms with Crippen LogP contribution in [0.1, 0.15) is 20.8 Å². The van der Waals surface area contributed by atoms with Crippen molar-refractivity contribution in [2.45, 2.75) is 26.3 Å². The Morgan fingerprint density at radius 2 is 2.11 bits per heavy atom. The summed E-state index contributed by atoms with van der Waals surface area (Å²) in [5, 5.41) is 10.8. The Hall–Kier alpha value is -1.04. The molecule has 9 heavy (non-hydrogen) atoms. The maximum Gasteiger partial charge on any atom is 0.218 e. The molecule has 1 amide bonds. The van der Waals surface area contributed by atoms with E-state index in [9.17, 15) is 4.79 Å². The molecule has 0 atom stereocenters. The maximum absolute atomic E-state index is 10.4. The van der Waals surface area contributed by atoms with E-state index in [4.69, 9.17) is 5.26 Å².